The van der Waals surface area contributed by atoms with Gasteiger partial charge in [-0.2, -0.15) is 0 Å². The highest BCUT2D eigenvalue weighted by atomic mass is 16.2. The Labute approximate surface area is 148 Å². The normalized spacial score (nSPS) is 23.9. The Kier molecular flexibility index (Phi) is 4.53. The molecule has 0 unspecified atom stereocenters. The zero-order valence-corrected chi connectivity index (χ0v) is 14.6. The van der Waals surface area contributed by atoms with E-state index < -0.39 is 0 Å². The molecular weight excluding hydrogens is 314 g/mol. The second-order valence-corrected chi connectivity index (χ2v) is 7.20. The molecule has 0 spiro atoms. The van der Waals surface area contributed by atoms with Crippen LogP contribution in [0.4, 0.5) is 0 Å². The molecule has 1 aliphatic carbocycles. The number of carbonyl (C=O) groups excluding carboxylic acids is 1. The zero-order valence-electron chi connectivity index (χ0n) is 14.6. The smallest absolute Gasteiger partial charge is 0.273 e. The fraction of sp³-hybridized carbons (Fsp3) is 0.526. The highest BCUT2D eigenvalue weighted by Crippen LogP contribution is 2.36. The first-order valence-corrected chi connectivity index (χ1v) is 9.20. The summed E-state index contributed by atoms with van der Waals surface area (Å²) in [4.78, 5) is 12.6. The molecule has 1 saturated heterocycles. The van der Waals surface area contributed by atoms with Crippen LogP contribution in [0.15, 0.2) is 30.3 Å². The molecule has 2 heterocycles. The van der Waals surface area contributed by atoms with Crippen molar-refractivity contribution in [3.05, 3.63) is 47.3 Å². The van der Waals surface area contributed by atoms with E-state index in [1.54, 1.807) is 0 Å². The zero-order chi connectivity index (χ0) is 17.2. The van der Waals surface area contributed by atoms with E-state index in [0.29, 0.717) is 17.7 Å². The van der Waals surface area contributed by atoms with Crippen molar-refractivity contribution in [2.75, 3.05) is 13.1 Å². The third kappa shape index (κ3) is 3.31. The first-order chi connectivity index (χ1) is 12.2. The first-order valence-electron chi connectivity index (χ1n) is 9.20. The highest BCUT2D eigenvalue weighted by molar-refractivity contribution is 5.93. The number of rotatable bonds is 4. The molecule has 132 valence electrons. The number of carbonyl (C=O) groups is 1. The number of hydrogen-bond donors (Lipinski definition) is 2. The lowest BCUT2D eigenvalue weighted by Gasteiger charge is -2.36. The summed E-state index contributed by atoms with van der Waals surface area (Å²) in [6.07, 6.45) is 4.06. The van der Waals surface area contributed by atoms with E-state index in [1.807, 2.05) is 17.7 Å². The molecule has 1 amide bonds. The Hall–Kier alpha value is -2.21. The van der Waals surface area contributed by atoms with Gasteiger partial charge in [0.15, 0.2) is 5.69 Å². The van der Waals surface area contributed by atoms with Gasteiger partial charge in [0, 0.05) is 6.04 Å². The van der Waals surface area contributed by atoms with Gasteiger partial charge in [0.25, 0.3) is 5.91 Å². The Morgan fingerprint density at radius 3 is 2.64 bits per heavy atom. The molecule has 6 nitrogen and oxygen atoms in total. The summed E-state index contributed by atoms with van der Waals surface area (Å²) in [5.74, 6) is 0.465. The van der Waals surface area contributed by atoms with Crippen LogP contribution in [0, 0.1) is 6.92 Å². The monoisotopic (exact) mass is 339 g/mol. The first kappa shape index (κ1) is 16.3. The van der Waals surface area contributed by atoms with Crippen LogP contribution in [-0.2, 0) is 0 Å². The summed E-state index contributed by atoms with van der Waals surface area (Å²) in [5.41, 5.74) is 2.71. The van der Waals surface area contributed by atoms with Gasteiger partial charge in [-0.25, -0.2) is 4.68 Å². The number of benzene rings is 1. The second kappa shape index (κ2) is 6.96. The van der Waals surface area contributed by atoms with E-state index in [4.69, 9.17) is 0 Å². The molecule has 2 aromatic rings. The average Bonchev–Trinajstić information content (AvgIpc) is 3.00. The van der Waals surface area contributed by atoms with E-state index in [0.717, 1.165) is 44.5 Å². The minimum absolute atomic E-state index is 0.0887. The number of hydrogen-bond acceptors (Lipinski definition) is 4. The molecule has 25 heavy (non-hydrogen) atoms. The number of aromatic nitrogens is 3. The van der Waals surface area contributed by atoms with Crippen molar-refractivity contribution in [2.45, 2.75) is 50.6 Å². The van der Waals surface area contributed by atoms with Crippen LogP contribution in [0.5, 0.6) is 0 Å². The predicted molar refractivity (Wildman–Crippen MR) is 95.6 cm³/mol. The largest absolute Gasteiger partial charge is 0.348 e. The maximum Gasteiger partial charge on any atom is 0.273 e. The number of amides is 1. The standard InChI is InChI=1S/C19H25N5O/c1-13-18(22-23-24(13)17-7-9-20-10-8-17)19(25)21-16-11-15(12-16)14-5-3-2-4-6-14/h2-6,15-17,20H,7-12H2,1H3,(H,21,25). The third-order valence-corrected chi connectivity index (χ3v) is 5.54. The lowest BCUT2D eigenvalue weighted by atomic mass is 9.76. The van der Waals surface area contributed by atoms with Crippen LogP contribution >= 0.6 is 0 Å². The summed E-state index contributed by atoms with van der Waals surface area (Å²) in [6.45, 7) is 3.94. The third-order valence-electron chi connectivity index (χ3n) is 5.54. The maximum atomic E-state index is 12.6. The molecule has 1 saturated carbocycles. The Morgan fingerprint density at radius 2 is 1.92 bits per heavy atom. The van der Waals surface area contributed by atoms with Gasteiger partial charge in [0.1, 0.15) is 0 Å². The lowest BCUT2D eigenvalue weighted by Crippen LogP contribution is -2.43. The van der Waals surface area contributed by atoms with Gasteiger partial charge in [-0.15, -0.1) is 5.10 Å². The molecule has 1 aromatic heterocycles. The van der Waals surface area contributed by atoms with E-state index in [-0.39, 0.29) is 11.9 Å². The quantitative estimate of drug-likeness (QED) is 0.896. The molecule has 2 fully saturated rings. The molecule has 2 aliphatic rings. The van der Waals surface area contributed by atoms with E-state index in [2.05, 4.69) is 45.2 Å². The molecular formula is C19H25N5O. The van der Waals surface area contributed by atoms with Gasteiger partial charge >= 0.3 is 0 Å². The van der Waals surface area contributed by atoms with Gasteiger partial charge in [-0.1, -0.05) is 35.5 Å². The van der Waals surface area contributed by atoms with Gasteiger partial charge in [0.2, 0.25) is 0 Å². The summed E-state index contributed by atoms with van der Waals surface area (Å²) in [6, 6.07) is 11.1. The van der Waals surface area contributed by atoms with Gasteiger partial charge < -0.3 is 10.6 Å². The second-order valence-electron chi connectivity index (χ2n) is 7.20. The Bertz CT molecular complexity index is 730. The van der Waals surface area contributed by atoms with Crippen LogP contribution in [-0.4, -0.2) is 40.0 Å². The van der Waals surface area contributed by atoms with Crippen LogP contribution in [0.1, 0.15) is 59.4 Å². The SMILES string of the molecule is Cc1c(C(=O)NC2CC(c3ccccc3)C2)nnn1C1CCNCC1. The number of nitrogens with one attached hydrogen (secondary N) is 2. The topological polar surface area (TPSA) is 71.8 Å². The van der Waals surface area contributed by atoms with Gasteiger partial charge in [-0.05, 0) is 57.2 Å². The fourth-order valence-corrected chi connectivity index (χ4v) is 3.94. The Balaban J connectivity index is 1.35. The summed E-state index contributed by atoms with van der Waals surface area (Å²) >= 11 is 0. The fourth-order valence-electron chi connectivity index (χ4n) is 3.94. The molecule has 1 aliphatic heterocycles. The van der Waals surface area contributed by atoms with Crippen LogP contribution in [0.2, 0.25) is 0 Å². The van der Waals surface area contributed by atoms with E-state index >= 15 is 0 Å². The maximum absolute atomic E-state index is 12.6. The number of nitrogens with zero attached hydrogens (tertiary/aromatic N) is 3. The molecule has 0 radical (unpaired) electrons. The summed E-state index contributed by atoms with van der Waals surface area (Å²) in [7, 11) is 0. The van der Waals surface area contributed by atoms with Crippen molar-refractivity contribution < 1.29 is 4.79 Å². The number of piperidine rings is 1. The Morgan fingerprint density at radius 1 is 1.20 bits per heavy atom. The molecule has 2 N–H and O–H groups in total. The van der Waals surface area contributed by atoms with Crippen molar-refractivity contribution in [2.24, 2.45) is 0 Å². The predicted octanol–water partition coefficient (Wildman–Crippen LogP) is 2.19. The molecule has 4 rings (SSSR count). The lowest BCUT2D eigenvalue weighted by molar-refractivity contribution is 0.0903. The minimum atomic E-state index is -0.0887. The minimum Gasteiger partial charge on any atom is -0.348 e. The van der Waals surface area contributed by atoms with Gasteiger partial charge in [-0.3, -0.25) is 4.79 Å². The van der Waals surface area contributed by atoms with E-state index in [1.165, 1.54) is 5.56 Å². The van der Waals surface area contributed by atoms with Gasteiger partial charge in [0.05, 0.1) is 11.7 Å². The molecule has 0 atom stereocenters. The van der Waals surface area contributed by atoms with Crippen molar-refractivity contribution in [1.29, 1.82) is 0 Å². The molecule has 6 heteroatoms. The van der Waals surface area contributed by atoms with Crippen molar-refractivity contribution in [1.82, 2.24) is 25.6 Å². The van der Waals surface area contributed by atoms with Crippen LogP contribution < -0.4 is 10.6 Å². The molecule has 0 bridgehead atoms. The molecule has 1 aromatic carbocycles. The average molecular weight is 339 g/mol. The summed E-state index contributed by atoms with van der Waals surface area (Å²) in [5, 5.41) is 14.9. The van der Waals surface area contributed by atoms with E-state index in [9.17, 15) is 4.79 Å². The van der Waals surface area contributed by atoms with Crippen LogP contribution in [0.25, 0.3) is 0 Å². The van der Waals surface area contributed by atoms with Crippen LogP contribution in [0.3, 0.4) is 0 Å². The summed E-state index contributed by atoms with van der Waals surface area (Å²) < 4.78 is 1.93. The van der Waals surface area contributed by atoms with Crippen molar-refractivity contribution in [3.63, 3.8) is 0 Å². The highest BCUT2D eigenvalue weighted by Gasteiger charge is 2.32. The van der Waals surface area contributed by atoms with Crippen molar-refractivity contribution >= 4 is 5.91 Å². The van der Waals surface area contributed by atoms with Crippen molar-refractivity contribution in [3.8, 4) is 0 Å².